The van der Waals surface area contributed by atoms with Crippen LogP contribution in [0.15, 0.2) is 24.3 Å². The molecule has 0 saturated carbocycles. The molecule has 0 saturated heterocycles. The molecule has 0 aliphatic carbocycles. The van der Waals surface area contributed by atoms with Gasteiger partial charge in [-0.05, 0) is 25.5 Å². The van der Waals surface area contributed by atoms with Crippen molar-refractivity contribution in [1.29, 1.82) is 0 Å². The van der Waals surface area contributed by atoms with Crippen molar-refractivity contribution in [2.45, 2.75) is 13.3 Å². The number of halogens is 1. The number of aromatic nitrogens is 2. The molecule has 3 nitrogen and oxygen atoms in total. The predicted octanol–water partition coefficient (Wildman–Crippen LogP) is 2.98. The lowest BCUT2D eigenvalue weighted by molar-refractivity contribution is 0.969. The average molecular weight is 236 g/mol. The molecule has 0 unspecified atom stereocenters. The van der Waals surface area contributed by atoms with Crippen LogP contribution in [0.1, 0.15) is 12.1 Å². The van der Waals surface area contributed by atoms with Crippen molar-refractivity contribution < 1.29 is 0 Å². The third kappa shape index (κ3) is 2.42. The van der Waals surface area contributed by atoms with E-state index < -0.39 is 0 Å². The molecule has 0 bridgehead atoms. The number of hydrogen-bond acceptors (Lipinski definition) is 3. The molecule has 1 N–H and O–H groups in total. The van der Waals surface area contributed by atoms with E-state index in [9.17, 15) is 0 Å². The number of nitrogens with one attached hydrogen (secondary N) is 1. The smallest absolute Gasteiger partial charge is 0.148 e. The van der Waals surface area contributed by atoms with Crippen molar-refractivity contribution in [1.82, 2.24) is 9.97 Å². The van der Waals surface area contributed by atoms with E-state index in [1.54, 1.807) is 0 Å². The van der Waals surface area contributed by atoms with Gasteiger partial charge in [-0.1, -0.05) is 12.1 Å². The monoisotopic (exact) mass is 235 g/mol. The Morgan fingerprint density at radius 3 is 2.56 bits per heavy atom. The number of aryl methyl sites for hydroxylation is 1. The first-order valence-corrected chi connectivity index (χ1v) is 5.88. The van der Waals surface area contributed by atoms with E-state index in [4.69, 9.17) is 11.6 Å². The first-order valence-electron chi connectivity index (χ1n) is 5.34. The van der Waals surface area contributed by atoms with E-state index in [0.717, 1.165) is 35.5 Å². The highest BCUT2D eigenvalue weighted by Crippen LogP contribution is 2.15. The molecule has 0 aliphatic rings. The quantitative estimate of drug-likeness (QED) is 0.654. The van der Waals surface area contributed by atoms with Crippen LogP contribution in [0.4, 0.5) is 5.82 Å². The van der Waals surface area contributed by atoms with E-state index in [1.807, 2.05) is 31.2 Å². The third-order valence-corrected chi connectivity index (χ3v) is 2.61. The van der Waals surface area contributed by atoms with E-state index in [2.05, 4.69) is 15.3 Å². The minimum absolute atomic E-state index is 0.660. The van der Waals surface area contributed by atoms with Gasteiger partial charge in [0.2, 0.25) is 0 Å². The minimum Gasteiger partial charge on any atom is -0.369 e. The Labute approximate surface area is 99.9 Å². The van der Waals surface area contributed by atoms with Gasteiger partial charge >= 0.3 is 0 Å². The summed E-state index contributed by atoms with van der Waals surface area (Å²) in [6.07, 6.45) is 0.926. The molecule has 1 aromatic heterocycles. The van der Waals surface area contributed by atoms with Crippen molar-refractivity contribution >= 4 is 28.5 Å². The lowest BCUT2D eigenvalue weighted by atomic mass is 10.3. The SMILES string of the molecule is Cc1nc2ccccc2nc1NCCCCl. The van der Waals surface area contributed by atoms with E-state index in [1.165, 1.54) is 0 Å². The molecule has 0 aliphatic heterocycles. The fraction of sp³-hybridized carbons (Fsp3) is 0.333. The number of hydrogen-bond donors (Lipinski definition) is 1. The lowest BCUT2D eigenvalue weighted by Crippen LogP contribution is -2.06. The summed E-state index contributed by atoms with van der Waals surface area (Å²) >= 11 is 5.63. The topological polar surface area (TPSA) is 37.8 Å². The van der Waals surface area contributed by atoms with Gasteiger partial charge in [0.15, 0.2) is 0 Å². The zero-order valence-electron chi connectivity index (χ0n) is 9.20. The standard InChI is InChI=1S/C12H14ClN3/c1-9-12(14-8-4-7-13)16-11-6-3-2-5-10(11)15-9/h2-3,5-6H,4,7-8H2,1H3,(H,14,16). The average Bonchev–Trinajstić information content (AvgIpc) is 2.30. The Kier molecular flexibility index (Phi) is 3.57. The highest BCUT2D eigenvalue weighted by molar-refractivity contribution is 6.17. The second-order valence-electron chi connectivity index (χ2n) is 3.62. The Bertz CT molecular complexity index is 485. The second kappa shape index (κ2) is 5.12. The predicted molar refractivity (Wildman–Crippen MR) is 68.1 cm³/mol. The van der Waals surface area contributed by atoms with Gasteiger partial charge in [0, 0.05) is 12.4 Å². The van der Waals surface area contributed by atoms with Crippen LogP contribution < -0.4 is 5.32 Å². The third-order valence-electron chi connectivity index (χ3n) is 2.35. The van der Waals surface area contributed by atoms with Crippen molar-refractivity contribution in [2.24, 2.45) is 0 Å². The van der Waals surface area contributed by atoms with Gasteiger partial charge in [-0.25, -0.2) is 9.97 Å². The molecule has 0 fully saturated rings. The molecule has 0 spiro atoms. The maximum absolute atomic E-state index is 5.63. The summed E-state index contributed by atoms with van der Waals surface area (Å²) in [6, 6.07) is 7.87. The minimum atomic E-state index is 0.660. The summed E-state index contributed by atoms with van der Waals surface area (Å²) in [5.74, 6) is 1.51. The molecule has 2 rings (SSSR count). The van der Waals surface area contributed by atoms with Crippen LogP contribution in [0.25, 0.3) is 11.0 Å². The molecule has 1 aromatic carbocycles. The summed E-state index contributed by atoms with van der Waals surface area (Å²) in [6.45, 7) is 2.79. The number of nitrogens with zero attached hydrogens (tertiary/aromatic N) is 2. The van der Waals surface area contributed by atoms with Gasteiger partial charge in [0.05, 0.1) is 16.7 Å². The number of alkyl halides is 1. The molecular weight excluding hydrogens is 222 g/mol. The van der Waals surface area contributed by atoms with Crippen LogP contribution in [0.3, 0.4) is 0 Å². The van der Waals surface area contributed by atoms with Crippen LogP contribution in [-0.2, 0) is 0 Å². The molecule has 4 heteroatoms. The molecule has 0 atom stereocenters. The highest BCUT2D eigenvalue weighted by atomic mass is 35.5. The van der Waals surface area contributed by atoms with Crippen molar-refractivity contribution in [3.63, 3.8) is 0 Å². The zero-order chi connectivity index (χ0) is 11.4. The summed E-state index contributed by atoms with van der Waals surface area (Å²) in [5, 5.41) is 3.25. The van der Waals surface area contributed by atoms with Gasteiger partial charge in [0.25, 0.3) is 0 Å². The summed E-state index contributed by atoms with van der Waals surface area (Å²) in [5.41, 5.74) is 2.78. The number of anilines is 1. The van der Waals surface area contributed by atoms with E-state index in [0.29, 0.717) is 5.88 Å². The number of rotatable bonds is 4. The highest BCUT2D eigenvalue weighted by Gasteiger charge is 2.03. The fourth-order valence-corrected chi connectivity index (χ4v) is 1.66. The number of para-hydroxylation sites is 2. The molecule has 2 aromatic rings. The molecule has 84 valence electrons. The van der Waals surface area contributed by atoms with Crippen LogP contribution in [-0.4, -0.2) is 22.4 Å². The largest absolute Gasteiger partial charge is 0.369 e. The van der Waals surface area contributed by atoms with Crippen molar-refractivity contribution in [3.05, 3.63) is 30.0 Å². The summed E-state index contributed by atoms with van der Waals surface area (Å²) < 4.78 is 0. The molecule has 16 heavy (non-hydrogen) atoms. The van der Waals surface area contributed by atoms with Crippen molar-refractivity contribution in [3.8, 4) is 0 Å². The Morgan fingerprint density at radius 2 is 1.88 bits per heavy atom. The first-order chi connectivity index (χ1) is 7.81. The first kappa shape index (κ1) is 11.1. The maximum Gasteiger partial charge on any atom is 0.148 e. The number of benzene rings is 1. The lowest BCUT2D eigenvalue weighted by Gasteiger charge is -2.08. The van der Waals surface area contributed by atoms with Crippen molar-refractivity contribution in [2.75, 3.05) is 17.7 Å². The van der Waals surface area contributed by atoms with Crippen LogP contribution in [0.2, 0.25) is 0 Å². The Hall–Kier alpha value is -1.35. The van der Waals surface area contributed by atoms with Gasteiger partial charge in [0.1, 0.15) is 5.82 Å². The molecule has 0 amide bonds. The van der Waals surface area contributed by atoms with Crippen LogP contribution in [0.5, 0.6) is 0 Å². The molecule has 1 heterocycles. The zero-order valence-corrected chi connectivity index (χ0v) is 9.96. The van der Waals surface area contributed by atoms with Gasteiger partial charge in [-0.2, -0.15) is 0 Å². The Morgan fingerprint density at radius 1 is 1.19 bits per heavy atom. The molecular formula is C12H14ClN3. The fourth-order valence-electron chi connectivity index (χ4n) is 1.53. The normalized spacial score (nSPS) is 10.6. The van der Waals surface area contributed by atoms with E-state index in [-0.39, 0.29) is 0 Å². The van der Waals surface area contributed by atoms with Crippen LogP contribution >= 0.6 is 11.6 Å². The van der Waals surface area contributed by atoms with Gasteiger partial charge < -0.3 is 5.32 Å². The second-order valence-corrected chi connectivity index (χ2v) is 3.99. The number of fused-ring (bicyclic) bond motifs is 1. The molecule has 0 radical (unpaired) electrons. The van der Waals surface area contributed by atoms with E-state index >= 15 is 0 Å². The maximum atomic E-state index is 5.63. The summed E-state index contributed by atoms with van der Waals surface area (Å²) in [4.78, 5) is 9.03. The van der Waals surface area contributed by atoms with Gasteiger partial charge in [-0.3, -0.25) is 0 Å². The summed E-state index contributed by atoms with van der Waals surface area (Å²) in [7, 11) is 0. The van der Waals surface area contributed by atoms with Gasteiger partial charge in [-0.15, -0.1) is 11.6 Å². The Balaban J connectivity index is 2.27. The van der Waals surface area contributed by atoms with Crippen LogP contribution in [0, 0.1) is 6.92 Å².